The molecule has 1 rings (SSSR count). The molecule has 1 aliphatic heterocycles. The van der Waals surface area contributed by atoms with E-state index in [0.717, 1.165) is 30.5 Å². The van der Waals surface area contributed by atoms with Crippen molar-refractivity contribution in [2.45, 2.75) is 26.7 Å². The molecule has 0 unspecified atom stereocenters. The highest BCUT2D eigenvalue weighted by Gasteiger charge is 2.16. The summed E-state index contributed by atoms with van der Waals surface area (Å²) in [7, 11) is -1.70. The Bertz CT molecular complexity index is 242. The molecule has 2 nitrogen and oxygen atoms in total. The van der Waals surface area contributed by atoms with E-state index in [1.165, 1.54) is 19.4 Å². The molecule has 0 radical (unpaired) electrons. The summed E-state index contributed by atoms with van der Waals surface area (Å²) >= 11 is 0. The van der Waals surface area contributed by atoms with Crippen molar-refractivity contribution in [3.05, 3.63) is 0 Å². The number of hydrogen-bond donors (Lipinski definition) is 0. The predicted molar refractivity (Wildman–Crippen MR) is 65.5 cm³/mol. The first kappa shape index (κ1) is 12.1. The van der Waals surface area contributed by atoms with Crippen molar-refractivity contribution in [3.8, 4) is 0 Å². The standard InChI is InChI=1S/C11H23NOS/c1-11(2)5-4-6-12-7-9-14(3,13)10-8-12/h11H,3-10H2,1-2H3. The number of nitrogens with zero attached hydrogens (tertiary/aromatic N) is 1. The van der Waals surface area contributed by atoms with Gasteiger partial charge in [-0.05, 0) is 40.7 Å². The van der Waals surface area contributed by atoms with Crippen molar-refractivity contribution in [1.29, 1.82) is 0 Å². The van der Waals surface area contributed by atoms with Crippen LogP contribution in [0.25, 0.3) is 0 Å². The Morgan fingerprint density at radius 3 is 2.43 bits per heavy atom. The lowest BCUT2D eigenvalue weighted by Crippen LogP contribution is -2.40. The molecule has 1 saturated heterocycles. The van der Waals surface area contributed by atoms with Crippen molar-refractivity contribution >= 4 is 15.4 Å². The minimum absolute atomic E-state index is 0.800. The van der Waals surface area contributed by atoms with E-state index >= 15 is 0 Å². The third kappa shape index (κ3) is 4.47. The largest absolute Gasteiger partial charge is 0.302 e. The number of hydrogen-bond acceptors (Lipinski definition) is 2. The van der Waals surface area contributed by atoms with Gasteiger partial charge in [0.15, 0.2) is 0 Å². The SMILES string of the molecule is C=S1(=O)CCN(CCCC(C)C)CC1. The van der Waals surface area contributed by atoms with Gasteiger partial charge in [0.05, 0.1) is 0 Å². The molecule has 1 aliphatic rings. The molecule has 0 aromatic carbocycles. The van der Waals surface area contributed by atoms with Crippen LogP contribution in [0.2, 0.25) is 0 Å². The maximum atomic E-state index is 11.6. The highest BCUT2D eigenvalue weighted by atomic mass is 32.2. The summed E-state index contributed by atoms with van der Waals surface area (Å²) in [4.78, 5) is 2.43. The smallest absolute Gasteiger partial charge is 0.0287 e. The molecular weight excluding hydrogens is 194 g/mol. The van der Waals surface area contributed by atoms with E-state index in [9.17, 15) is 4.21 Å². The van der Waals surface area contributed by atoms with Crippen LogP contribution in [0.3, 0.4) is 0 Å². The maximum Gasteiger partial charge on any atom is 0.0287 e. The van der Waals surface area contributed by atoms with Gasteiger partial charge in [0.1, 0.15) is 0 Å². The van der Waals surface area contributed by atoms with E-state index in [4.69, 9.17) is 0 Å². The highest BCUT2D eigenvalue weighted by molar-refractivity contribution is 8.00. The first-order valence-corrected chi connectivity index (χ1v) is 7.61. The average molecular weight is 217 g/mol. The van der Waals surface area contributed by atoms with Crippen LogP contribution in [-0.4, -0.2) is 46.1 Å². The van der Waals surface area contributed by atoms with Gasteiger partial charge in [-0.15, -0.1) is 0 Å². The van der Waals surface area contributed by atoms with Gasteiger partial charge in [0, 0.05) is 24.6 Å². The molecule has 1 fully saturated rings. The lowest BCUT2D eigenvalue weighted by Gasteiger charge is -2.28. The van der Waals surface area contributed by atoms with Crippen LogP contribution in [0.15, 0.2) is 0 Å². The Kier molecular flexibility index (Phi) is 4.45. The normalized spacial score (nSPS) is 22.8. The minimum atomic E-state index is -1.70. The summed E-state index contributed by atoms with van der Waals surface area (Å²) < 4.78 is 11.6. The van der Waals surface area contributed by atoms with Gasteiger partial charge < -0.3 is 4.90 Å². The fraction of sp³-hybridized carbons (Fsp3) is 0.909. The molecule has 3 heteroatoms. The molecule has 0 bridgehead atoms. The lowest BCUT2D eigenvalue weighted by molar-refractivity contribution is 0.286. The summed E-state index contributed by atoms with van der Waals surface area (Å²) in [6.07, 6.45) is 2.58. The Balaban J connectivity index is 2.16. The first-order valence-electron chi connectivity index (χ1n) is 5.54. The molecule has 0 aromatic rings. The average Bonchev–Trinajstić information content (AvgIpc) is 2.07. The van der Waals surface area contributed by atoms with Gasteiger partial charge in [-0.25, -0.2) is 0 Å². The van der Waals surface area contributed by atoms with Crippen molar-refractivity contribution in [3.63, 3.8) is 0 Å². The molecule has 0 saturated carbocycles. The van der Waals surface area contributed by atoms with Crippen LogP contribution in [0, 0.1) is 5.92 Å². The minimum Gasteiger partial charge on any atom is -0.302 e. The van der Waals surface area contributed by atoms with Crippen LogP contribution in [0.1, 0.15) is 26.7 Å². The third-order valence-electron chi connectivity index (χ3n) is 2.81. The van der Waals surface area contributed by atoms with Crippen molar-refractivity contribution in [2.24, 2.45) is 5.92 Å². The molecule has 84 valence electrons. The summed E-state index contributed by atoms with van der Waals surface area (Å²) in [5, 5.41) is 0. The molecule has 0 N–H and O–H groups in total. The Labute approximate surface area is 88.7 Å². The van der Waals surface area contributed by atoms with Crippen LogP contribution >= 0.6 is 0 Å². The van der Waals surface area contributed by atoms with E-state index in [-0.39, 0.29) is 0 Å². The predicted octanol–water partition coefficient (Wildman–Crippen LogP) is 1.45. The van der Waals surface area contributed by atoms with E-state index in [1.807, 2.05) is 0 Å². The Hall–Kier alpha value is -0.0200. The lowest BCUT2D eigenvalue weighted by atomic mass is 10.1. The van der Waals surface area contributed by atoms with Gasteiger partial charge in [0.25, 0.3) is 0 Å². The van der Waals surface area contributed by atoms with Gasteiger partial charge in [-0.3, -0.25) is 4.21 Å². The summed E-state index contributed by atoms with van der Waals surface area (Å²) in [6, 6.07) is 0. The molecule has 0 spiro atoms. The Morgan fingerprint density at radius 1 is 1.36 bits per heavy atom. The molecule has 14 heavy (non-hydrogen) atoms. The number of rotatable bonds is 4. The summed E-state index contributed by atoms with van der Waals surface area (Å²) in [5.74, 6) is 6.18. The summed E-state index contributed by atoms with van der Waals surface area (Å²) in [5.41, 5.74) is 0. The summed E-state index contributed by atoms with van der Waals surface area (Å²) in [6.45, 7) is 7.67. The van der Waals surface area contributed by atoms with E-state index in [0.29, 0.717) is 0 Å². The second-order valence-corrected chi connectivity index (χ2v) is 7.50. The van der Waals surface area contributed by atoms with Crippen molar-refractivity contribution < 1.29 is 4.21 Å². The third-order valence-corrected chi connectivity index (χ3v) is 4.67. The molecule has 1 heterocycles. The quantitative estimate of drug-likeness (QED) is 0.664. The van der Waals surface area contributed by atoms with E-state index < -0.39 is 9.52 Å². The molecule has 0 amide bonds. The van der Waals surface area contributed by atoms with Gasteiger partial charge in [0.2, 0.25) is 0 Å². The van der Waals surface area contributed by atoms with E-state index in [1.54, 1.807) is 0 Å². The zero-order valence-electron chi connectivity index (χ0n) is 9.50. The molecule has 0 aliphatic carbocycles. The second-order valence-electron chi connectivity index (χ2n) is 4.75. The fourth-order valence-corrected chi connectivity index (χ4v) is 3.14. The van der Waals surface area contributed by atoms with Crippen LogP contribution in [0.5, 0.6) is 0 Å². The van der Waals surface area contributed by atoms with Gasteiger partial charge in [-0.2, -0.15) is 0 Å². The van der Waals surface area contributed by atoms with E-state index in [2.05, 4.69) is 24.6 Å². The molecular formula is C11H23NOS. The van der Waals surface area contributed by atoms with Gasteiger partial charge >= 0.3 is 0 Å². The maximum absolute atomic E-state index is 11.6. The van der Waals surface area contributed by atoms with Crippen LogP contribution in [0.4, 0.5) is 0 Å². The highest BCUT2D eigenvalue weighted by Crippen LogP contribution is 2.08. The zero-order valence-corrected chi connectivity index (χ0v) is 10.3. The van der Waals surface area contributed by atoms with Crippen molar-refractivity contribution in [2.75, 3.05) is 31.1 Å². The van der Waals surface area contributed by atoms with Gasteiger partial charge in [-0.1, -0.05) is 13.8 Å². The second kappa shape index (κ2) is 5.17. The van der Waals surface area contributed by atoms with Crippen LogP contribution < -0.4 is 0 Å². The van der Waals surface area contributed by atoms with Crippen LogP contribution in [-0.2, 0) is 9.52 Å². The fourth-order valence-electron chi connectivity index (χ4n) is 1.75. The molecule has 0 atom stereocenters. The Morgan fingerprint density at radius 2 is 1.93 bits per heavy atom. The zero-order chi connectivity index (χ0) is 10.6. The topological polar surface area (TPSA) is 20.3 Å². The van der Waals surface area contributed by atoms with Crippen molar-refractivity contribution in [1.82, 2.24) is 4.90 Å². The monoisotopic (exact) mass is 217 g/mol. The molecule has 0 aromatic heterocycles. The first-order chi connectivity index (χ1) is 6.49.